The van der Waals surface area contributed by atoms with Crippen LogP contribution in [0.1, 0.15) is 32.8 Å². The van der Waals surface area contributed by atoms with E-state index in [-0.39, 0.29) is 6.04 Å². The van der Waals surface area contributed by atoms with Crippen molar-refractivity contribution in [2.45, 2.75) is 39.7 Å². The largest absolute Gasteiger partial charge is 0.494 e. The van der Waals surface area contributed by atoms with Gasteiger partial charge in [-0.15, -0.1) is 0 Å². The molecular weight excluding hydrogens is 198 g/mol. The molecule has 1 aromatic carbocycles. The monoisotopic (exact) mass is 221 g/mol. The van der Waals surface area contributed by atoms with Gasteiger partial charge in [0.1, 0.15) is 5.75 Å². The van der Waals surface area contributed by atoms with Gasteiger partial charge in [0.2, 0.25) is 0 Å². The standard InChI is InChI=1S/C14H23NO/c1-4-16-14-7-5-6-12(10-14)9-13(15)8-11(2)3/h5-7,10-11,13H,4,8-9,15H2,1-3H3. The molecule has 0 radical (unpaired) electrons. The van der Waals surface area contributed by atoms with Crippen LogP contribution in [0.4, 0.5) is 0 Å². The van der Waals surface area contributed by atoms with Crippen LogP contribution < -0.4 is 10.5 Å². The molecule has 0 spiro atoms. The van der Waals surface area contributed by atoms with E-state index in [1.165, 1.54) is 5.56 Å². The first kappa shape index (κ1) is 13.0. The summed E-state index contributed by atoms with van der Waals surface area (Å²) in [5.74, 6) is 1.60. The van der Waals surface area contributed by atoms with E-state index in [9.17, 15) is 0 Å². The Balaban J connectivity index is 2.55. The van der Waals surface area contributed by atoms with Crippen LogP contribution in [0.15, 0.2) is 24.3 Å². The fourth-order valence-corrected chi connectivity index (χ4v) is 1.92. The number of ether oxygens (including phenoxy) is 1. The zero-order valence-corrected chi connectivity index (χ0v) is 10.6. The normalized spacial score (nSPS) is 12.8. The molecule has 2 heteroatoms. The van der Waals surface area contributed by atoms with Crippen LogP contribution >= 0.6 is 0 Å². The molecule has 0 aromatic heterocycles. The smallest absolute Gasteiger partial charge is 0.119 e. The lowest BCUT2D eigenvalue weighted by Crippen LogP contribution is -2.24. The van der Waals surface area contributed by atoms with E-state index in [4.69, 9.17) is 10.5 Å². The van der Waals surface area contributed by atoms with Gasteiger partial charge in [-0.25, -0.2) is 0 Å². The molecule has 90 valence electrons. The van der Waals surface area contributed by atoms with Gasteiger partial charge >= 0.3 is 0 Å². The minimum absolute atomic E-state index is 0.247. The third-order valence-electron chi connectivity index (χ3n) is 2.48. The second kappa shape index (κ2) is 6.54. The van der Waals surface area contributed by atoms with Crippen molar-refractivity contribution in [2.75, 3.05) is 6.61 Å². The maximum atomic E-state index is 6.09. The molecule has 1 atom stereocenters. The first-order valence-electron chi connectivity index (χ1n) is 6.09. The van der Waals surface area contributed by atoms with Gasteiger partial charge in [0, 0.05) is 6.04 Å². The maximum absolute atomic E-state index is 6.09. The zero-order chi connectivity index (χ0) is 12.0. The number of hydrogen-bond donors (Lipinski definition) is 1. The van der Waals surface area contributed by atoms with Crippen molar-refractivity contribution >= 4 is 0 Å². The van der Waals surface area contributed by atoms with Gasteiger partial charge in [-0.1, -0.05) is 26.0 Å². The molecular formula is C14H23NO. The Kier molecular flexibility index (Phi) is 5.33. The van der Waals surface area contributed by atoms with Gasteiger partial charge in [0.15, 0.2) is 0 Å². The molecule has 0 heterocycles. The lowest BCUT2D eigenvalue weighted by Gasteiger charge is -2.14. The van der Waals surface area contributed by atoms with E-state index < -0.39 is 0 Å². The summed E-state index contributed by atoms with van der Waals surface area (Å²) in [6.45, 7) is 7.12. The first-order valence-corrected chi connectivity index (χ1v) is 6.09. The van der Waals surface area contributed by atoms with Crippen molar-refractivity contribution in [1.29, 1.82) is 0 Å². The summed E-state index contributed by atoms with van der Waals surface area (Å²) >= 11 is 0. The number of nitrogens with two attached hydrogens (primary N) is 1. The highest BCUT2D eigenvalue weighted by Crippen LogP contribution is 2.16. The summed E-state index contributed by atoms with van der Waals surface area (Å²) in [5, 5.41) is 0. The summed E-state index contributed by atoms with van der Waals surface area (Å²) in [5.41, 5.74) is 7.35. The van der Waals surface area contributed by atoms with Gasteiger partial charge in [-0.3, -0.25) is 0 Å². The fourth-order valence-electron chi connectivity index (χ4n) is 1.92. The van der Waals surface area contributed by atoms with Crippen molar-refractivity contribution in [3.05, 3.63) is 29.8 Å². The van der Waals surface area contributed by atoms with Crippen LogP contribution in [0, 0.1) is 5.92 Å². The van der Waals surface area contributed by atoms with Crippen molar-refractivity contribution in [1.82, 2.24) is 0 Å². The van der Waals surface area contributed by atoms with Gasteiger partial charge in [0.25, 0.3) is 0 Å². The molecule has 1 aromatic rings. The van der Waals surface area contributed by atoms with E-state index in [0.29, 0.717) is 12.5 Å². The van der Waals surface area contributed by atoms with Crippen LogP contribution in [0.5, 0.6) is 5.75 Å². The predicted octanol–water partition coefficient (Wildman–Crippen LogP) is 3.00. The topological polar surface area (TPSA) is 35.2 Å². The second-order valence-electron chi connectivity index (χ2n) is 4.67. The predicted molar refractivity (Wildman–Crippen MR) is 68.7 cm³/mol. The number of benzene rings is 1. The molecule has 0 aliphatic rings. The Bertz CT molecular complexity index is 309. The fraction of sp³-hybridized carbons (Fsp3) is 0.571. The molecule has 16 heavy (non-hydrogen) atoms. The van der Waals surface area contributed by atoms with Crippen LogP contribution in [0.3, 0.4) is 0 Å². The van der Waals surface area contributed by atoms with Gasteiger partial charge < -0.3 is 10.5 Å². The Morgan fingerprint density at radius 1 is 1.31 bits per heavy atom. The Labute approximate surface area is 98.8 Å². The summed E-state index contributed by atoms with van der Waals surface area (Å²) in [7, 11) is 0. The van der Waals surface area contributed by atoms with Crippen LogP contribution in [-0.4, -0.2) is 12.6 Å². The van der Waals surface area contributed by atoms with E-state index >= 15 is 0 Å². The average Bonchev–Trinajstić information content (AvgIpc) is 2.17. The minimum atomic E-state index is 0.247. The summed E-state index contributed by atoms with van der Waals surface area (Å²) in [6, 6.07) is 8.47. The highest BCUT2D eigenvalue weighted by atomic mass is 16.5. The van der Waals surface area contributed by atoms with Gasteiger partial charge in [0.05, 0.1) is 6.61 Å². The number of hydrogen-bond acceptors (Lipinski definition) is 2. The Morgan fingerprint density at radius 3 is 2.69 bits per heavy atom. The van der Waals surface area contributed by atoms with Crippen molar-refractivity contribution < 1.29 is 4.74 Å². The Morgan fingerprint density at radius 2 is 2.06 bits per heavy atom. The number of rotatable bonds is 6. The quantitative estimate of drug-likeness (QED) is 0.801. The van der Waals surface area contributed by atoms with Gasteiger partial charge in [-0.2, -0.15) is 0 Å². The highest BCUT2D eigenvalue weighted by Gasteiger charge is 2.07. The lowest BCUT2D eigenvalue weighted by atomic mass is 9.98. The van der Waals surface area contributed by atoms with E-state index in [1.807, 2.05) is 19.1 Å². The molecule has 1 rings (SSSR count). The highest BCUT2D eigenvalue weighted by molar-refractivity contribution is 5.29. The summed E-state index contributed by atoms with van der Waals surface area (Å²) in [6.07, 6.45) is 2.00. The molecule has 0 fully saturated rings. The molecule has 1 unspecified atom stereocenters. The molecule has 0 bridgehead atoms. The molecule has 2 N–H and O–H groups in total. The Hall–Kier alpha value is -1.02. The molecule has 0 aliphatic heterocycles. The molecule has 0 amide bonds. The van der Waals surface area contributed by atoms with Crippen molar-refractivity contribution in [3.63, 3.8) is 0 Å². The zero-order valence-electron chi connectivity index (χ0n) is 10.6. The summed E-state index contributed by atoms with van der Waals surface area (Å²) < 4.78 is 5.47. The molecule has 0 aliphatic carbocycles. The van der Waals surface area contributed by atoms with Crippen LogP contribution in [-0.2, 0) is 6.42 Å². The molecule has 2 nitrogen and oxygen atoms in total. The summed E-state index contributed by atoms with van der Waals surface area (Å²) in [4.78, 5) is 0. The third kappa shape index (κ3) is 4.67. The average molecular weight is 221 g/mol. The molecule has 0 saturated carbocycles. The van der Waals surface area contributed by atoms with Crippen molar-refractivity contribution in [3.8, 4) is 5.75 Å². The second-order valence-corrected chi connectivity index (χ2v) is 4.67. The van der Waals surface area contributed by atoms with Crippen molar-refractivity contribution in [2.24, 2.45) is 11.7 Å². The van der Waals surface area contributed by atoms with Crippen LogP contribution in [0.2, 0.25) is 0 Å². The SMILES string of the molecule is CCOc1cccc(CC(N)CC(C)C)c1. The van der Waals surface area contributed by atoms with E-state index in [0.717, 1.165) is 18.6 Å². The molecule has 0 saturated heterocycles. The van der Waals surface area contributed by atoms with Crippen LogP contribution in [0.25, 0.3) is 0 Å². The van der Waals surface area contributed by atoms with Gasteiger partial charge in [-0.05, 0) is 43.4 Å². The van der Waals surface area contributed by atoms with E-state index in [1.54, 1.807) is 0 Å². The minimum Gasteiger partial charge on any atom is -0.494 e. The van der Waals surface area contributed by atoms with E-state index in [2.05, 4.69) is 26.0 Å². The maximum Gasteiger partial charge on any atom is 0.119 e. The lowest BCUT2D eigenvalue weighted by molar-refractivity contribution is 0.339. The third-order valence-corrected chi connectivity index (χ3v) is 2.48. The first-order chi connectivity index (χ1) is 7.61.